The summed E-state index contributed by atoms with van der Waals surface area (Å²) in [5, 5.41) is 11.5. The molecule has 106 valence electrons. The number of carbonyl (C=O) groups excluding carboxylic acids is 1. The van der Waals surface area contributed by atoms with Gasteiger partial charge in [-0.25, -0.2) is 4.39 Å². The van der Waals surface area contributed by atoms with Crippen molar-refractivity contribution in [2.24, 2.45) is 0 Å². The molecule has 0 spiro atoms. The summed E-state index contributed by atoms with van der Waals surface area (Å²) in [6.45, 7) is 0.0217. The normalized spacial score (nSPS) is 9.71. The van der Waals surface area contributed by atoms with E-state index in [-0.39, 0.29) is 24.9 Å². The van der Waals surface area contributed by atoms with Crippen LogP contribution in [0, 0.1) is 17.1 Å². The molecule has 0 aromatic heterocycles. The first kappa shape index (κ1) is 14.5. The van der Waals surface area contributed by atoms with E-state index in [2.05, 4.69) is 5.32 Å². The first-order chi connectivity index (χ1) is 10.2. The number of nitrogens with zero attached hydrogens (tertiary/aromatic N) is 1. The van der Waals surface area contributed by atoms with Crippen LogP contribution in [0.2, 0.25) is 0 Å². The number of halogens is 1. The summed E-state index contributed by atoms with van der Waals surface area (Å²) in [6, 6.07) is 14.7. The molecule has 0 fully saturated rings. The lowest BCUT2D eigenvalue weighted by Gasteiger charge is -2.08. The third-order valence-electron chi connectivity index (χ3n) is 2.74. The second-order valence-corrected chi connectivity index (χ2v) is 4.30. The van der Waals surface area contributed by atoms with Gasteiger partial charge in [-0.15, -0.1) is 0 Å². The Labute approximate surface area is 121 Å². The summed E-state index contributed by atoms with van der Waals surface area (Å²) >= 11 is 0. The van der Waals surface area contributed by atoms with Crippen molar-refractivity contribution in [1.29, 1.82) is 5.26 Å². The molecule has 0 saturated heterocycles. The van der Waals surface area contributed by atoms with Gasteiger partial charge in [0.2, 0.25) is 0 Å². The molecule has 0 radical (unpaired) electrons. The Morgan fingerprint density at radius 3 is 2.81 bits per heavy atom. The van der Waals surface area contributed by atoms with Crippen molar-refractivity contribution in [3.63, 3.8) is 0 Å². The number of carbonyl (C=O) groups is 1. The Kier molecular flexibility index (Phi) is 4.89. The first-order valence-electron chi connectivity index (χ1n) is 6.32. The summed E-state index contributed by atoms with van der Waals surface area (Å²) in [6.07, 6.45) is 0. The van der Waals surface area contributed by atoms with Crippen LogP contribution in [0.3, 0.4) is 0 Å². The van der Waals surface area contributed by atoms with Crippen LogP contribution in [0.15, 0.2) is 48.5 Å². The van der Waals surface area contributed by atoms with Gasteiger partial charge in [0.15, 0.2) is 6.61 Å². The zero-order chi connectivity index (χ0) is 15.1. The number of nitriles is 1. The third kappa shape index (κ3) is 4.32. The Morgan fingerprint density at radius 2 is 2.05 bits per heavy atom. The van der Waals surface area contributed by atoms with Crippen LogP contribution in [0.25, 0.3) is 0 Å². The van der Waals surface area contributed by atoms with Crippen LogP contribution in [-0.4, -0.2) is 12.5 Å². The smallest absolute Gasteiger partial charge is 0.258 e. The van der Waals surface area contributed by atoms with Gasteiger partial charge in [-0.1, -0.05) is 24.3 Å². The molecule has 0 atom stereocenters. The molecule has 4 nitrogen and oxygen atoms in total. The highest BCUT2D eigenvalue weighted by molar-refractivity contribution is 5.77. The molecule has 5 heteroatoms. The van der Waals surface area contributed by atoms with E-state index in [4.69, 9.17) is 10.00 Å². The second-order valence-electron chi connectivity index (χ2n) is 4.30. The van der Waals surface area contributed by atoms with Gasteiger partial charge in [0, 0.05) is 6.54 Å². The van der Waals surface area contributed by atoms with Gasteiger partial charge in [-0.3, -0.25) is 4.79 Å². The first-order valence-corrected chi connectivity index (χ1v) is 6.32. The Balaban J connectivity index is 1.84. The maximum Gasteiger partial charge on any atom is 0.258 e. The minimum atomic E-state index is -0.346. The average molecular weight is 284 g/mol. The molecule has 0 bridgehead atoms. The van der Waals surface area contributed by atoms with Crippen molar-refractivity contribution in [2.45, 2.75) is 6.54 Å². The van der Waals surface area contributed by atoms with E-state index in [1.165, 1.54) is 12.1 Å². The molecule has 2 rings (SSSR count). The van der Waals surface area contributed by atoms with Gasteiger partial charge in [-0.05, 0) is 29.8 Å². The summed E-state index contributed by atoms with van der Waals surface area (Å²) in [4.78, 5) is 11.7. The zero-order valence-electron chi connectivity index (χ0n) is 11.2. The molecule has 21 heavy (non-hydrogen) atoms. The number of ether oxygens (including phenoxy) is 1. The van der Waals surface area contributed by atoms with E-state index < -0.39 is 0 Å². The molecular weight excluding hydrogens is 271 g/mol. The fraction of sp³-hybridized carbons (Fsp3) is 0.125. The molecule has 0 heterocycles. The number of benzene rings is 2. The fourth-order valence-electron chi connectivity index (χ4n) is 1.73. The second kappa shape index (κ2) is 7.06. The van der Waals surface area contributed by atoms with Gasteiger partial charge < -0.3 is 10.1 Å². The van der Waals surface area contributed by atoms with Crippen molar-refractivity contribution >= 4 is 5.91 Å². The van der Waals surface area contributed by atoms with E-state index in [0.29, 0.717) is 16.9 Å². The van der Waals surface area contributed by atoms with Crippen molar-refractivity contribution in [3.8, 4) is 11.8 Å². The molecule has 0 saturated carbocycles. The largest absolute Gasteiger partial charge is 0.482 e. The number of hydrogen-bond donors (Lipinski definition) is 1. The van der Waals surface area contributed by atoms with E-state index in [9.17, 15) is 9.18 Å². The lowest BCUT2D eigenvalue weighted by Crippen LogP contribution is -2.28. The monoisotopic (exact) mass is 284 g/mol. The van der Waals surface area contributed by atoms with Crippen molar-refractivity contribution < 1.29 is 13.9 Å². The number of hydrogen-bond acceptors (Lipinski definition) is 3. The minimum absolute atomic E-state index is 0.200. The lowest BCUT2D eigenvalue weighted by atomic mass is 10.2. The van der Waals surface area contributed by atoms with Crippen LogP contribution >= 0.6 is 0 Å². The fourth-order valence-corrected chi connectivity index (χ4v) is 1.73. The zero-order valence-corrected chi connectivity index (χ0v) is 11.2. The van der Waals surface area contributed by atoms with Gasteiger partial charge in [-0.2, -0.15) is 5.26 Å². The topological polar surface area (TPSA) is 62.1 Å². The molecular formula is C16H13FN2O2. The molecule has 0 aliphatic heterocycles. The number of nitrogens with one attached hydrogen (secondary N) is 1. The SMILES string of the molecule is N#Cc1ccccc1OCC(=O)NCc1cccc(F)c1. The predicted octanol–water partition coefficient (Wildman–Crippen LogP) is 2.39. The third-order valence-corrected chi connectivity index (χ3v) is 2.74. The quantitative estimate of drug-likeness (QED) is 0.917. The van der Waals surface area contributed by atoms with Crippen molar-refractivity contribution in [2.75, 3.05) is 6.61 Å². The maximum atomic E-state index is 13.0. The van der Waals surface area contributed by atoms with Crippen LogP contribution in [0.1, 0.15) is 11.1 Å². The van der Waals surface area contributed by atoms with Crippen molar-refractivity contribution in [3.05, 3.63) is 65.5 Å². The Bertz CT molecular complexity index is 680. The molecule has 2 aromatic rings. The molecule has 2 aromatic carbocycles. The average Bonchev–Trinajstić information content (AvgIpc) is 2.51. The van der Waals surface area contributed by atoms with Crippen LogP contribution in [0.4, 0.5) is 4.39 Å². The highest BCUT2D eigenvalue weighted by atomic mass is 19.1. The highest BCUT2D eigenvalue weighted by Crippen LogP contribution is 2.16. The van der Waals surface area contributed by atoms with E-state index in [0.717, 1.165) is 0 Å². The molecule has 0 aliphatic rings. The minimum Gasteiger partial charge on any atom is -0.482 e. The molecule has 1 N–H and O–H groups in total. The standard InChI is InChI=1S/C16H13FN2O2/c17-14-6-3-4-12(8-14)10-19-16(20)11-21-15-7-2-1-5-13(15)9-18/h1-8H,10-11H2,(H,19,20). The van der Waals surface area contributed by atoms with Crippen molar-refractivity contribution in [1.82, 2.24) is 5.32 Å². The van der Waals surface area contributed by atoms with Gasteiger partial charge >= 0.3 is 0 Å². The van der Waals surface area contributed by atoms with Gasteiger partial charge in [0.1, 0.15) is 17.6 Å². The summed E-state index contributed by atoms with van der Waals surface area (Å²) in [5.74, 6) is -0.325. The summed E-state index contributed by atoms with van der Waals surface area (Å²) in [5.41, 5.74) is 1.04. The van der Waals surface area contributed by atoms with Gasteiger partial charge in [0.25, 0.3) is 5.91 Å². The van der Waals surface area contributed by atoms with Crippen LogP contribution in [0.5, 0.6) is 5.75 Å². The number of amides is 1. The molecule has 0 unspecified atom stereocenters. The Morgan fingerprint density at radius 1 is 1.24 bits per heavy atom. The molecule has 1 amide bonds. The van der Waals surface area contributed by atoms with Crippen LogP contribution < -0.4 is 10.1 Å². The maximum absolute atomic E-state index is 13.0. The number of para-hydroxylation sites is 1. The molecule has 0 aliphatic carbocycles. The van der Waals surface area contributed by atoms with E-state index >= 15 is 0 Å². The predicted molar refractivity (Wildman–Crippen MR) is 74.9 cm³/mol. The number of rotatable bonds is 5. The lowest BCUT2D eigenvalue weighted by molar-refractivity contribution is -0.123. The van der Waals surface area contributed by atoms with E-state index in [1.807, 2.05) is 6.07 Å². The summed E-state index contributed by atoms with van der Waals surface area (Å²) < 4.78 is 18.3. The Hall–Kier alpha value is -2.87. The van der Waals surface area contributed by atoms with E-state index in [1.54, 1.807) is 36.4 Å². The van der Waals surface area contributed by atoms with Crippen LogP contribution in [-0.2, 0) is 11.3 Å². The van der Waals surface area contributed by atoms with Gasteiger partial charge in [0.05, 0.1) is 5.56 Å². The summed E-state index contributed by atoms with van der Waals surface area (Å²) in [7, 11) is 0. The highest BCUT2D eigenvalue weighted by Gasteiger charge is 2.06.